The van der Waals surface area contributed by atoms with Gasteiger partial charge in [0.1, 0.15) is 6.10 Å². The summed E-state index contributed by atoms with van der Waals surface area (Å²) in [6.07, 6.45) is 3.35. The summed E-state index contributed by atoms with van der Waals surface area (Å²) >= 11 is 0. The number of rotatable bonds is 8. The number of carbonyl (C=O) groups is 2. The van der Waals surface area contributed by atoms with Gasteiger partial charge in [-0.3, -0.25) is 9.59 Å². The predicted molar refractivity (Wildman–Crippen MR) is 115 cm³/mol. The highest BCUT2D eigenvalue weighted by molar-refractivity contribution is 7.89. The molecule has 0 unspecified atom stereocenters. The van der Waals surface area contributed by atoms with Crippen molar-refractivity contribution in [3.8, 4) is 0 Å². The van der Waals surface area contributed by atoms with Crippen LogP contribution in [0.5, 0.6) is 0 Å². The molecule has 31 heavy (non-hydrogen) atoms. The van der Waals surface area contributed by atoms with Crippen LogP contribution >= 0.6 is 0 Å². The number of sulfonamides is 1. The molecule has 0 spiro atoms. The molecule has 2 aliphatic rings. The largest absolute Gasteiger partial charge is 0.462 e. The first-order valence-corrected chi connectivity index (χ1v) is 12.5. The van der Waals surface area contributed by atoms with Crippen molar-refractivity contribution in [3.63, 3.8) is 0 Å². The van der Waals surface area contributed by atoms with Crippen LogP contribution in [-0.2, 0) is 35.5 Å². The van der Waals surface area contributed by atoms with Crippen LogP contribution < -0.4 is 0 Å². The van der Waals surface area contributed by atoms with Gasteiger partial charge in [-0.25, -0.2) is 8.42 Å². The number of nitrogens with zero attached hydrogens (tertiary/aromatic N) is 2. The third-order valence-corrected chi connectivity index (χ3v) is 7.62. The van der Waals surface area contributed by atoms with Gasteiger partial charge in [0.25, 0.3) is 0 Å². The predicted octanol–water partition coefficient (Wildman–Crippen LogP) is 1.97. The second kappa shape index (κ2) is 11.1. The van der Waals surface area contributed by atoms with Gasteiger partial charge in [0.05, 0.1) is 18.1 Å². The van der Waals surface area contributed by atoms with Gasteiger partial charge >= 0.3 is 5.97 Å². The molecule has 0 N–H and O–H groups in total. The number of piperidine rings is 1. The standard InChI is InChI=1S/C22H32N2O6S/c1-2-3-21(25)23-12-10-19(11-13-23)30-22(26)9-6-18-4-7-20(8-5-18)31(27,28)24-14-16-29-17-15-24/h4-5,7-8,19H,2-3,6,9-17H2,1H3. The highest BCUT2D eigenvalue weighted by Crippen LogP contribution is 2.19. The molecule has 9 heteroatoms. The molecule has 0 radical (unpaired) electrons. The number of carbonyl (C=O) groups excluding carboxylic acids is 2. The Bertz CT molecular complexity index is 841. The molecule has 2 saturated heterocycles. The summed E-state index contributed by atoms with van der Waals surface area (Å²) in [4.78, 5) is 26.3. The maximum absolute atomic E-state index is 12.7. The number of benzene rings is 1. The summed E-state index contributed by atoms with van der Waals surface area (Å²) in [5.74, 6) is -0.0882. The van der Waals surface area contributed by atoms with Crippen LogP contribution in [0.3, 0.4) is 0 Å². The molecule has 172 valence electrons. The van der Waals surface area contributed by atoms with Crippen LogP contribution in [0, 0.1) is 0 Å². The van der Waals surface area contributed by atoms with E-state index in [1.54, 1.807) is 24.3 Å². The van der Waals surface area contributed by atoms with E-state index >= 15 is 0 Å². The fraction of sp³-hybridized carbons (Fsp3) is 0.636. The second-order valence-electron chi connectivity index (χ2n) is 7.98. The fourth-order valence-electron chi connectivity index (χ4n) is 3.85. The normalized spacial score (nSPS) is 18.7. The highest BCUT2D eigenvalue weighted by atomic mass is 32.2. The van der Waals surface area contributed by atoms with Gasteiger partial charge in [0.15, 0.2) is 0 Å². The number of esters is 1. The quantitative estimate of drug-likeness (QED) is 0.560. The third-order valence-electron chi connectivity index (χ3n) is 5.71. The molecule has 0 bridgehead atoms. The Kier molecular flexibility index (Phi) is 8.45. The van der Waals surface area contributed by atoms with Crippen LogP contribution in [0.1, 0.15) is 44.6 Å². The molecule has 8 nitrogen and oxygen atoms in total. The smallest absolute Gasteiger partial charge is 0.306 e. The van der Waals surface area contributed by atoms with Crippen LogP contribution in [0.15, 0.2) is 29.2 Å². The van der Waals surface area contributed by atoms with Crippen LogP contribution in [0.2, 0.25) is 0 Å². The Labute approximate surface area is 184 Å². The topological polar surface area (TPSA) is 93.2 Å². The fourth-order valence-corrected chi connectivity index (χ4v) is 5.26. The highest BCUT2D eigenvalue weighted by Gasteiger charge is 2.26. The Morgan fingerprint density at radius 3 is 2.29 bits per heavy atom. The number of likely N-dealkylation sites (tertiary alicyclic amines) is 1. The molecule has 0 aliphatic carbocycles. The van der Waals surface area contributed by atoms with Gasteiger partial charge in [-0.15, -0.1) is 0 Å². The van der Waals surface area contributed by atoms with Gasteiger partial charge in [-0.2, -0.15) is 4.31 Å². The van der Waals surface area contributed by atoms with Crippen molar-refractivity contribution < 1.29 is 27.5 Å². The average Bonchev–Trinajstić information content (AvgIpc) is 2.79. The maximum atomic E-state index is 12.7. The van der Waals surface area contributed by atoms with E-state index in [1.807, 2.05) is 11.8 Å². The molecule has 0 aromatic heterocycles. The monoisotopic (exact) mass is 452 g/mol. The number of ether oxygens (including phenoxy) is 2. The minimum Gasteiger partial charge on any atom is -0.462 e. The van der Waals surface area contributed by atoms with E-state index in [4.69, 9.17) is 9.47 Å². The van der Waals surface area contributed by atoms with E-state index in [0.29, 0.717) is 65.1 Å². The number of amides is 1. The van der Waals surface area contributed by atoms with Gasteiger partial charge < -0.3 is 14.4 Å². The summed E-state index contributed by atoms with van der Waals surface area (Å²) in [5.41, 5.74) is 0.887. The lowest BCUT2D eigenvalue weighted by atomic mass is 10.1. The zero-order valence-corrected chi connectivity index (χ0v) is 18.9. The Hall–Kier alpha value is -1.97. The van der Waals surface area contributed by atoms with Gasteiger partial charge in [0.2, 0.25) is 15.9 Å². The van der Waals surface area contributed by atoms with E-state index in [2.05, 4.69) is 0 Å². The molecule has 1 amide bonds. The van der Waals surface area contributed by atoms with Crippen molar-refractivity contribution in [2.45, 2.75) is 56.4 Å². The van der Waals surface area contributed by atoms with E-state index in [0.717, 1.165) is 12.0 Å². The number of hydrogen-bond acceptors (Lipinski definition) is 6. The minimum atomic E-state index is -3.51. The molecule has 2 aliphatic heterocycles. The minimum absolute atomic E-state index is 0.140. The Morgan fingerprint density at radius 2 is 1.68 bits per heavy atom. The Balaban J connectivity index is 1.43. The summed E-state index contributed by atoms with van der Waals surface area (Å²) in [5, 5.41) is 0. The zero-order valence-electron chi connectivity index (χ0n) is 18.1. The van der Waals surface area contributed by atoms with Gasteiger partial charge in [0, 0.05) is 51.9 Å². The lowest BCUT2D eigenvalue weighted by molar-refractivity contribution is -0.152. The maximum Gasteiger partial charge on any atom is 0.306 e. The SMILES string of the molecule is CCCC(=O)N1CCC(OC(=O)CCc2ccc(S(=O)(=O)N3CCOCC3)cc2)CC1. The summed E-state index contributed by atoms with van der Waals surface area (Å²) in [6.45, 7) is 4.80. The van der Waals surface area contributed by atoms with Crippen LogP contribution in [0.4, 0.5) is 0 Å². The molecule has 3 rings (SSSR count). The average molecular weight is 453 g/mol. The van der Waals surface area contributed by atoms with Crippen LogP contribution in [0.25, 0.3) is 0 Å². The van der Waals surface area contributed by atoms with E-state index in [1.165, 1.54) is 4.31 Å². The summed E-state index contributed by atoms with van der Waals surface area (Å²) < 4.78 is 37.5. The van der Waals surface area contributed by atoms with Gasteiger partial charge in [-0.05, 0) is 30.5 Å². The first-order chi connectivity index (χ1) is 14.9. The van der Waals surface area contributed by atoms with E-state index < -0.39 is 10.0 Å². The number of hydrogen-bond donors (Lipinski definition) is 0. The second-order valence-corrected chi connectivity index (χ2v) is 9.92. The van der Waals surface area contributed by atoms with E-state index in [-0.39, 0.29) is 29.3 Å². The van der Waals surface area contributed by atoms with Gasteiger partial charge in [-0.1, -0.05) is 19.1 Å². The first-order valence-electron chi connectivity index (χ1n) is 11.0. The first kappa shape index (κ1) is 23.7. The molecule has 1 aromatic carbocycles. The lowest BCUT2D eigenvalue weighted by Crippen LogP contribution is -2.41. The molecular formula is C22H32N2O6S. The number of morpholine rings is 1. The summed E-state index contributed by atoms with van der Waals surface area (Å²) in [6, 6.07) is 6.68. The van der Waals surface area contributed by atoms with Crippen molar-refractivity contribution in [2.75, 3.05) is 39.4 Å². The Morgan fingerprint density at radius 1 is 1.03 bits per heavy atom. The van der Waals surface area contributed by atoms with Crippen LogP contribution in [-0.4, -0.2) is 75.0 Å². The zero-order chi connectivity index (χ0) is 22.3. The lowest BCUT2D eigenvalue weighted by Gasteiger charge is -2.31. The molecule has 1 aromatic rings. The molecule has 2 heterocycles. The molecular weight excluding hydrogens is 420 g/mol. The molecule has 0 atom stereocenters. The number of aryl methyl sites for hydroxylation is 1. The van der Waals surface area contributed by atoms with Crippen molar-refractivity contribution >= 4 is 21.9 Å². The molecule has 2 fully saturated rings. The van der Waals surface area contributed by atoms with Crippen molar-refractivity contribution in [2.24, 2.45) is 0 Å². The molecule has 0 saturated carbocycles. The van der Waals surface area contributed by atoms with Crippen molar-refractivity contribution in [1.82, 2.24) is 9.21 Å². The third kappa shape index (κ3) is 6.51. The van der Waals surface area contributed by atoms with Crippen molar-refractivity contribution in [1.29, 1.82) is 0 Å². The van der Waals surface area contributed by atoms with E-state index in [9.17, 15) is 18.0 Å². The summed E-state index contributed by atoms with van der Waals surface area (Å²) in [7, 11) is -3.51. The van der Waals surface area contributed by atoms with Crippen molar-refractivity contribution in [3.05, 3.63) is 29.8 Å².